The summed E-state index contributed by atoms with van der Waals surface area (Å²) in [5.74, 6) is 1.43. The Bertz CT molecular complexity index is 855. The maximum Gasteiger partial charge on any atom is 0.407 e. The van der Waals surface area contributed by atoms with Crippen LogP contribution in [0.1, 0.15) is 44.7 Å². The van der Waals surface area contributed by atoms with Gasteiger partial charge in [-0.15, -0.1) is 6.42 Å². The highest BCUT2D eigenvalue weighted by Gasteiger charge is 2.32. The number of hydrogen-bond acceptors (Lipinski definition) is 4. The number of nitrogens with one attached hydrogen (secondary N) is 2. The van der Waals surface area contributed by atoms with Crippen LogP contribution in [0.5, 0.6) is 0 Å². The Hall–Kier alpha value is -2.94. The molecule has 1 heterocycles. The summed E-state index contributed by atoms with van der Waals surface area (Å²) in [5, 5.41) is 3.56. The molecule has 6 heteroatoms. The molecule has 1 aromatic heterocycles. The van der Waals surface area contributed by atoms with Crippen molar-refractivity contribution in [3.8, 4) is 12.3 Å². The zero-order chi connectivity index (χ0) is 19.5. The molecule has 0 fully saturated rings. The number of terminal acetylenes is 1. The molecule has 2 N–H and O–H groups in total. The topological polar surface area (TPSA) is 80.4 Å². The van der Waals surface area contributed by atoms with Gasteiger partial charge in [0.15, 0.2) is 0 Å². The number of alkyl carbamates (subject to hydrolysis) is 1. The van der Waals surface area contributed by atoms with E-state index in [1.165, 1.54) is 7.11 Å². The number of ether oxygens (including phenoxy) is 2. The van der Waals surface area contributed by atoms with E-state index >= 15 is 0 Å². The summed E-state index contributed by atoms with van der Waals surface area (Å²) >= 11 is 0. The lowest BCUT2D eigenvalue weighted by atomic mass is 9.92. The number of methoxy groups -OCH3 is 1. The number of carbonyl (C=O) groups is 2. The highest BCUT2D eigenvalue weighted by Crippen LogP contribution is 2.30. The summed E-state index contributed by atoms with van der Waals surface area (Å²) in [6.45, 7) is 7.06. The SMILES string of the molecule is C#Cc1ccc2c(C(C(=O)OC)C(C)NC(=O)OC(C)(C)C)c[nH]c2c1. The van der Waals surface area contributed by atoms with Crippen LogP contribution in [-0.2, 0) is 14.3 Å². The first-order valence-electron chi connectivity index (χ1n) is 8.31. The van der Waals surface area contributed by atoms with E-state index in [2.05, 4.69) is 16.2 Å². The summed E-state index contributed by atoms with van der Waals surface area (Å²) in [7, 11) is 1.32. The maximum absolute atomic E-state index is 12.4. The Balaban J connectivity index is 2.35. The normalized spacial score (nSPS) is 13.5. The number of rotatable bonds is 4. The van der Waals surface area contributed by atoms with Crippen LogP contribution < -0.4 is 5.32 Å². The molecule has 2 rings (SSSR count). The third kappa shape index (κ3) is 4.37. The van der Waals surface area contributed by atoms with E-state index in [-0.39, 0.29) is 0 Å². The van der Waals surface area contributed by atoms with Gasteiger partial charge in [-0.1, -0.05) is 12.0 Å². The lowest BCUT2D eigenvalue weighted by Gasteiger charge is -2.25. The van der Waals surface area contributed by atoms with Gasteiger partial charge in [-0.25, -0.2) is 4.79 Å². The van der Waals surface area contributed by atoms with E-state index in [0.717, 1.165) is 22.0 Å². The van der Waals surface area contributed by atoms with Gasteiger partial charge in [-0.2, -0.15) is 0 Å². The van der Waals surface area contributed by atoms with Crippen LogP contribution in [0.4, 0.5) is 4.79 Å². The van der Waals surface area contributed by atoms with Crippen LogP contribution in [0.25, 0.3) is 10.9 Å². The third-order valence-corrected chi connectivity index (χ3v) is 3.91. The van der Waals surface area contributed by atoms with E-state index in [0.29, 0.717) is 0 Å². The minimum absolute atomic E-state index is 0.449. The van der Waals surface area contributed by atoms with Crippen LogP contribution in [0.2, 0.25) is 0 Å². The van der Waals surface area contributed by atoms with E-state index in [1.54, 1.807) is 40.0 Å². The van der Waals surface area contributed by atoms with E-state index in [4.69, 9.17) is 15.9 Å². The molecule has 2 unspecified atom stereocenters. The Morgan fingerprint density at radius 1 is 1.31 bits per heavy atom. The molecule has 0 bridgehead atoms. The van der Waals surface area contributed by atoms with Crippen molar-refractivity contribution in [3.63, 3.8) is 0 Å². The predicted octanol–water partition coefficient (Wildman–Crippen LogP) is 3.32. The molecule has 26 heavy (non-hydrogen) atoms. The van der Waals surface area contributed by atoms with Crippen molar-refractivity contribution in [2.45, 2.75) is 45.3 Å². The van der Waals surface area contributed by atoms with Crippen LogP contribution in [0, 0.1) is 12.3 Å². The molecule has 0 saturated carbocycles. The van der Waals surface area contributed by atoms with Crippen LogP contribution in [0.3, 0.4) is 0 Å². The van der Waals surface area contributed by atoms with Gasteiger partial charge in [-0.3, -0.25) is 4.79 Å². The summed E-state index contributed by atoms with van der Waals surface area (Å²) in [4.78, 5) is 27.6. The van der Waals surface area contributed by atoms with E-state index < -0.39 is 29.6 Å². The summed E-state index contributed by atoms with van der Waals surface area (Å²) in [6.07, 6.45) is 6.58. The summed E-state index contributed by atoms with van der Waals surface area (Å²) < 4.78 is 10.2. The summed E-state index contributed by atoms with van der Waals surface area (Å²) in [6, 6.07) is 4.95. The second-order valence-electron chi connectivity index (χ2n) is 7.08. The predicted molar refractivity (Wildman–Crippen MR) is 99.8 cm³/mol. The Labute approximate surface area is 153 Å². The maximum atomic E-state index is 12.4. The first-order chi connectivity index (χ1) is 12.2. The molecule has 138 valence electrons. The van der Waals surface area contributed by atoms with Crippen LogP contribution >= 0.6 is 0 Å². The molecule has 1 aromatic carbocycles. The fraction of sp³-hybridized carbons (Fsp3) is 0.400. The number of benzene rings is 1. The second kappa shape index (κ2) is 7.52. The van der Waals surface area contributed by atoms with E-state index in [9.17, 15) is 9.59 Å². The number of aromatic amines is 1. The number of carbonyl (C=O) groups excluding carboxylic acids is 2. The molecular weight excluding hydrogens is 332 g/mol. The highest BCUT2D eigenvalue weighted by atomic mass is 16.6. The molecule has 0 aliphatic rings. The molecule has 2 atom stereocenters. The Morgan fingerprint density at radius 2 is 2.00 bits per heavy atom. The lowest BCUT2D eigenvalue weighted by Crippen LogP contribution is -2.42. The number of aromatic nitrogens is 1. The zero-order valence-electron chi connectivity index (χ0n) is 15.7. The van der Waals surface area contributed by atoms with Crippen LogP contribution in [0.15, 0.2) is 24.4 Å². The van der Waals surface area contributed by atoms with Gasteiger partial charge in [0.05, 0.1) is 7.11 Å². The lowest BCUT2D eigenvalue weighted by molar-refractivity contribution is -0.143. The largest absolute Gasteiger partial charge is 0.468 e. The van der Waals surface area contributed by atoms with Gasteiger partial charge in [-0.05, 0) is 45.4 Å². The van der Waals surface area contributed by atoms with Crippen molar-refractivity contribution in [2.75, 3.05) is 7.11 Å². The van der Waals surface area contributed by atoms with Gasteiger partial charge in [0, 0.05) is 28.7 Å². The number of fused-ring (bicyclic) bond motifs is 1. The molecule has 0 spiro atoms. The van der Waals surface area contributed by atoms with Gasteiger partial charge < -0.3 is 19.8 Å². The fourth-order valence-corrected chi connectivity index (χ4v) is 2.80. The second-order valence-corrected chi connectivity index (χ2v) is 7.08. The number of H-pyrrole nitrogens is 1. The van der Waals surface area contributed by atoms with E-state index in [1.807, 2.05) is 12.1 Å². The number of hydrogen-bond donors (Lipinski definition) is 2. The van der Waals surface area contributed by atoms with Crippen molar-refractivity contribution < 1.29 is 19.1 Å². The molecule has 6 nitrogen and oxygen atoms in total. The van der Waals surface area contributed by atoms with Gasteiger partial charge >= 0.3 is 12.1 Å². The zero-order valence-corrected chi connectivity index (χ0v) is 15.7. The van der Waals surface area contributed by atoms with Crippen molar-refractivity contribution >= 4 is 23.0 Å². The number of amides is 1. The molecular formula is C20H24N2O4. The Morgan fingerprint density at radius 3 is 2.58 bits per heavy atom. The monoisotopic (exact) mass is 356 g/mol. The van der Waals surface area contributed by atoms with Crippen molar-refractivity contribution in [1.82, 2.24) is 10.3 Å². The molecule has 0 aliphatic carbocycles. The van der Waals surface area contributed by atoms with Crippen molar-refractivity contribution in [3.05, 3.63) is 35.5 Å². The van der Waals surface area contributed by atoms with Crippen molar-refractivity contribution in [2.24, 2.45) is 0 Å². The van der Waals surface area contributed by atoms with Crippen molar-refractivity contribution in [1.29, 1.82) is 0 Å². The molecule has 0 saturated heterocycles. The standard InChI is InChI=1S/C20H24N2O4/c1-7-13-8-9-14-15(11-21-16(14)10-13)17(18(23)25-6)12(2)22-19(24)26-20(3,4)5/h1,8-12,17,21H,2-6H3,(H,22,24). The smallest absolute Gasteiger partial charge is 0.407 e. The van der Waals surface area contributed by atoms with Crippen LogP contribution in [-0.4, -0.2) is 35.8 Å². The number of esters is 1. The average molecular weight is 356 g/mol. The minimum Gasteiger partial charge on any atom is -0.468 e. The average Bonchev–Trinajstić information content (AvgIpc) is 2.95. The van der Waals surface area contributed by atoms with Gasteiger partial charge in [0.25, 0.3) is 0 Å². The highest BCUT2D eigenvalue weighted by molar-refractivity contribution is 5.91. The molecule has 0 aliphatic heterocycles. The Kier molecular flexibility index (Phi) is 5.61. The molecule has 0 radical (unpaired) electrons. The molecule has 2 aromatic rings. The first-order valence-corrected chi connectivity index (χ1v) is 8.31. The van der Waals surface area contributed by atoms with Gasteiger partial charge in [0.2, 0.25) is 0 Å². The summed E-state index contributed by atoms with van der Waals surface area (Å²) in [5.41, 5.74) is 1.64. The third-order valence-electron chi connectivity index (χ3n) is 3.91. The molecule has 1 amide bonds. The minimum atomic E-state index is -0.696. The quantitative estimate of drug-likeness (QED) is 0.650. The first kappa shape index (κ1) is 19.4. The fourth-order valence-electron chi connectivity index (χ4n) is 2.80. The van der Waals surface area contributed by atoms with Gasteiger partial charge in [0.1, 0.15) is 11.5 Å².